The van der Waals surface area contributed by atoms with Crippen molar-refractivity contribution >= 4 is 0 Å². The van der Waals surface area contributed by atoms with E-state index in [2.05, 4.69) is 0 Å². The van der Waals surface area contributed by atoms with Crippen LogP contribution in [0.4, 0.5) is 0 Å². The lowest BCUT2D eigenvalue weighted by molar-refractivity contribution is -0.121. The zero-order valence-electron chi connectivity index (χ0n) is 9.86. The Hall–Kier alpha value is -0.160. The minimum absolute atomic E-state index is 0.0547. The fourth-order valence-corrected chi connectivity index (χ4v) is 1.99. The second-order valence-corrected chi connectivity index (χ2v) is 4.33. The highest BCUT2D eigenvalue weighted by molar-refractivity contribution is 4.55. The first kappa shape index (κ1) is 12.3. The Morgan fingerprint density at radius 1 is 0.812 bits per heavy atom. The fourth-order valence-electron chi connectivity index (χ4n) is 1.99. The van der Waals surface area contributed by atoms with Crippen molar-refractivity contribution in [2.24, 2.45) is 0 Å². The minimum atomic E-state index is 0.0547. The highest BCUT2D eigenvalue weighted by atomic mass is 16.7. The van der Waals surface area contributed by atoms with Gasteiger partial charge in [-0.1, -0.05) is 0 Å². The van der Waals surface area contributed by atoms with Gasteiger partial charge in [-0.15, -0.1) is 0 Å². The summed E-state index contributed by atoms with van der Waals surface area (Å²) >= 11 is 0. The van der Waals surface area contributed by atoms with Crippen molar-refractivity contribution in [1.82, 2.24) is 0 Å². The Labute approximate surface area is 97.2 Å². The molecule has 2 atom stereocenters. The third-order valence-corrected chi connectivity index (χ3v) is 2.92. The van der Waals surface area contributed by atoms with Crippen molar-refractivity contribution in [2.45, 2.75) is 51.1 Å². The second-order valence-electron chi connectivity index (χ2n) is 4.33. The van der Waals surface area contributed by atoms with E-state index >= 15 is 0 Å². The molecule has 0 aromatic heterocycles. The van der Waals surface area contributed by atoms with Crippen LogP contribution in [0.1, 0.15) is 38.5 Å². The Balaban J connectivity index is 1.37. The molecule has 0 spiro atoms. The molecule has 2 saturated heterocycles. The van der Waals surface area contributed by atoms with Crippen LogP contribution in [-0.2, 0) is 18.9 Å². The molecule has 94 valence electrons. The number of hydrogen-bond donors (Lipinski definition) is 0. The number of hydrogen-bond acceptors (Lipinski definition) is 4. The van der Waals surface area contributed by atoms with E-state index < -0.39 is 0 Å². The van der Waals surface area contributed by atoms with E-state index in [-0.39, 0.29) is 12.6 Å². The number of unbranched alkanes of at least 4 members (excludes halogenated alkanes) is 1. The summed E-state index contributed by atoms with van der Waals surface area (Å²) < 4.78 is 21.9. The predicted octanol–water partition coefficient (Wildman–Crippen LogP) is 2.07. The summed E-state index contributed by atoms with van der Waals surface area (Å²) in [5.41, 5.74) is 0. The third-order valence-electron chi connectivity index (χ3n) is 2.92. The van der Waals surface area contributed by atoms with E-state index in [4.69, 9.17) is 18.9 Å². The topological polar surface area (TPSA) is 36.9 Å². The highest BCUT2D eigenvalue weighted by Crippen LogP contribution is 2.15. The Kier molecular flexibility index (Phi) is 5.55. The molecule has 2 rings (SSSR count). The normalized spacial score (nSPS) is 30.0. The highest BCUT2D eigenvalue weighted by Gasteiger charge is 2.16. The van der Waals surface area contributed by atoms with E-state index in [0.29, 0.717) is 0 Å². The van der Waals surface area contributed by atoms with Crippen molar-refractivity contribution in [3.63, 3.8) is 0 Å². The maximum absolute atomic E-state index is 5.57. The van der Waals surface area contributed by atoms with Crippen LogP contribution in [0.5, 0.6) is 0 Å². The predicted molar refractivity (Wildman–Crippen MR) is 59.1 cm³/mol. The molecule has 4 heteroatoms. The molecule has 0 bridgehead atoms. The van der Waals surface area contributed by atoms with Crippen LogP contribution in [0.2, 0.25) is 0 Å². The van der Waals surface area contributed by atoms with Crippen molar-refractivity contribution in [1.29, 1.82) is 0 Å². The van der Waals surface area contributed by atoms with E-state index in [1.807, 2.05) is 0 Å². The SMILES string of the molecule is C(CCO[C@@H]1CCCO1)CO[C@@H]1CCCO1. The third kappa shape index (κ3) is 4.37. The van der Waals surface area contributed by atoms with Crippen LogP contribution < -0.4 is 0 Å². The summed E-state index contributed by atoms with van der Waals surface area (Å²) in [7, 11) is 0. The summed E-state index contributed by atoms with van der Waals surface area (Å²) in [6.45, 7) is 3.26. The van der Waals surface area contributed by atoms with Crippen LogP contribution in [0, 0.1) is 0 Å². The fraction of sp³-hybridized carbons (Fsp3) is 1.00. The molecular formula is C12H22O4. The smallest absolute Gasteiger partial charge is 0.157 e. The van der Waals surface area contributed by atoms with Gasteiger partial charge < -0.3 is 18.9 Å². The minimum Gasteiger partial charge on any atom is -0.353 e. The largest absolute Gasteiger partial charge is 0.353 e. The molecule has 0 aromatic rings. The number of rotatable bonds is 7. The zero-order valence-corrected chi connectivity index (χ0v) is 9.86. The van der Waals surface area contributed by atoms with Gasteiger partial charge in [-0.3, -0.25) is 0 Å². The van der Waals surface area contributed by atoms with E-state index in [1.165, 1.54) is 0 Å². The van der Waals surface area contributed by atoms with Crippen LogP contribution in [0.3, 0.4) is 0 Å². The van der Waals surface area contributed by atoms with Gasteiger partial charge in [-0.05, 0) is 25.7 Å². The van der Waals surface area contributed by atoms with E-state index in [9.17, 15) is 0 Å². The van der Waals surface area contributed by atoms with Gasteiger partial charge in [0.05, 0.1) is 0 Å². The second kappa shape index (κ2) is 7.22. The Bertz CT molecular complexity index is 154. The molecule has 0 N–H and O–H groups in total. The molecule has 0 amide bonds. The molecule has 0 aliphatic carbocycles. The Morgan fingerprint density at radius 3 is 1.69 bits per heavy atom. The first-order valence-corrected chi connectivity index (χ1v) is 6.41. The molecule has 0 unspecified atom stereocenters. The molecule has 0 radical (unpaired) electrons. The first-order valence-electron chi connectivity index (χ1n) is 6.41. The van der Waals surface area contributed by atoms with Gasteiger partial charge in [0.25, 0.3) is 0 Å². The van der Waals surface area contributed by atoms with Gasteiger partial charge in [0.15, 0.2) is 12.6 Å². The van der Waals surface area contributed by atoms with Gasteiger partial charge in [-0.25, -0.2) is 0 Å². The quantitative estimate of drug-likeness (QED) is 0.627. The monoisotopic (exact) mass is 230 g/mol. The van der Waals surface area contributed by atoms with Crippen molar-refractivity contribution in [3.05, 3.63) is 0 Å². The van der Waals surface area contributed by atoms with Crippen molar-refractivity contribution in [3.8, 4) is 0 Å². The molecule has 16 heavy (non-hydrogen) atoms. The average Bonchev–Trinajstić information content (AvgIpc) is 2.96. The first-order chi connectivity index (χ1) is 7.95. The van der Waals surface area contributed by atoms with Gasteiger partial charge in [0, 0.05) is 39.3 Å². The molecule has 2 heterocycles. The van der Waals surface area contributed by atoms with Gasteiger partial charge >= 0.3 is 0 Å². The molecular weight excluding hydrogens is 208 g/mol. The summed E-state index contributed by atoms with van der Waals surface area (Å²) in [5.74, 6) is 0. The molecule has 0 saturated carbocycles. The van der Waals surface area contributed by atoms with Crippen LogP contribution in [0.15, 0.2) is 0 Å². The van der Waals surface area contributed by atoms with Crippen LogP contribution in [0.25, 0.3) is 0 Å². The summed E-state index contributed by atoms with van der Waals surface area (Å²) in [6, 6.07) is 0. The van der Waals surface area contributed by atoms with Crippen molar-refractivity contribution in [2.75, 3.05) is 26.4 Å². The maximum Gasteiger partial charge on any atom is 0.157 e. The van der Waals surface area contributed by atoms with Crippen molar-refractivity contribution < 1.29 is 18.9 Å². The lowest BCUT2D eigenvalue weighted by Crippen LogP contribution is -2.13. The molecule has 2 aliphatic heterocycles. The molecule has 0 aromatic carbocycles. The summed E-state index contributed by atoms with van der Waals surface area (Å²) in [6.07, 6.45) is 6.54. The van der Waals surface area contributed by atoms with Gasteiger partial charge in [0.1, 0.15) is 0 Å². The van der Waals surface area contributed by atoms with E-state index in [0.717, 1.165) is 65.0 Å². The van der Waals surface area contributed by atoms with Crippen LogP contribution in [-0.4, -0.2) is 39.0 Å². The molecule has 2 fully saturated rings. The average molecular weight is 230 g/mol. The number of ether oxygens (including phenoxy) is 4. The van der Waals surface area contributed by atoms with Gasteiger partial charge in [0.2, 0.25) is 0 Å². The van der Waals surface area contributed by atoms with Gasteiger partial charge in [-0.2, -0.15) is 0 Å². The summed E-state index contributed by atoms with van der Waals surface area (Å²) in [4.78, 5) is 0. The lowest BCUT2D eigenvalue weighted by atomic mass is 10.3. The van der Waals surface area contributed by atoms with Crippen LogP contribution >= 0.6 is 0 Å². The maximum atomic E-state index is 5.57. The molecule has 4 nitrogen and oxygen atoms in total. The zero-order chi connectivity index (χ0) is 11.1. The summed E-state index contributed by atoms with van der Waals surface area (Å²) in [5, 5.41) is 0. The standard InChI is InChI=1S/C12H22O4/c1(7-13-11-5-3-9-15-11)2-8-14-12-6-4-10-16-12/h11-12H,1-10H2/t11-,12-/m0/s1. The molecule has 2 aliphatic rings. The lowest BCUT2D eigenvalue weighted by Gasteiger charge is -2.12. The van der Waals surface area contributed by atoms with E-state index in [1.54, 1.807) is 0 Å². The Morgan fingerprint density at radius 2 is 1.31 bits per heavy atom.